The molecular formula is C22H16BrIN4O5S2. The summed E-state index contributed by atoms with van der Waals surface area (Å²) < 4.78 is 38.4. The lowest BCUT2D eigenvalue weighted by molar-refractivity contribution is -0.139. The molecule has 0 aliphatic carbocycles. The first-order valence-corrected chi connectivity index (χ1v) is 14.0. The van der Waals surface area contributed by atoms with E-state index < -0.39 is 27.9 Å². The van der Waals surface area contributed by atoms with Gasteiger partial charge in [-0.05, 0) is 70.6 Å². The summed E-state index contributed by atoms with van der Waals surface area (Å²) in [6.45, 7) is 0. The predicted molar refractivity (Wildman–Crippen MR) is 144 cm³/mol. The number of amides is 1. The minimum atomic E-state index is -4.13. The zero-order valence-electron chi connectivity index (χ0n) is 17.6. The number of nitrogens with one attached hydrogen (secondary N) is 2. The minimum Gasteiger partial charge on any atom is -0.480 e. The van der Waals surface area contributed by atoms with Gasteiger partial charge in [0.2, 0.25) is 0 Å². The van der Waals surface area contributed by atoms with Crippen LogP contribution < -0.4 is 10.0 Å². The Morgan fingerprint density at radius 3 is 2.60 bits per heavy atom. The van der Waals surface area contributed by atoms with E-state index in [1.807, 2.05) is 28.7 Å². The maximum Gasteiger partial charge on any atom is 0.326 e. The SMILES string of the molecule is O=C(N[C@H](Cc1cccc(Br)c1)C(=O)O)c1ccc(I)cc1NS(=O)(=O)c1cccc2nsnc12. The normalized spacial score (nSPS) is 12.3. The van der Waals surface area contributed by atoms with Gasteiger partial charge in [-0.25, -0.2) is 13.2 Å². The van der Waals surface area contributed by atoms with Gasteiger partial charge >= 0.3 is 5.97 Å². The number of halogens is 2. The van der Waals surface area contributed by atoms with E-state index in [2.05, 4.69) is 34.7 Å². The molecule has 13 heteroatoms. The Hall–Kier alpha value is -2.62. The molecular weight excluding hydrogens is 671 g/mol. The first kappa shape index (κ1) is 25.5. The molecule has 1 amide bonds. The molecule has 1 atom stereocenters. The third-order valence-corrected chi connectivity index (χ3v) is 8.05. The molecule has 0 saturated carbocycles. The number of hydrogen-bond acceptors (Lipinski definition) is 7. The second-order valence-corrected chi connectivity index (χ2v) is 11.7. The zero-order chi connectivity index (χ0) is 25.2. The van der Waals surface area contributed by atoms with E-state index in [1.165, 1.54) is 18.2 Å². The number of carbonyl (C=O) groups is 2. The molecule has 0 aliphatic heterocycles. The van der Waals surface area contributed by atoms with Crippen molar-refractivity contribution >= 4 is 88.9 Å². The van der Waals surface area contributed by atoms with E-state index >= 15 is 0 Å². The third-order valence-electron chi connectivity index (χ3n) is 4.94. The lowest BCUT2D eigenvalue weighted by Gasteiger charge is -2.17. The Morgan fingerprint density at radius 1 is 1.09 bits per heavy atom. The van der Waals surface area contributed by atoms with Crippen LogP contribution in [0.1, 0.15) is 15.9 Å². The van der Waals surface area contributed by atoms with Crippen molar-refractivity contribution in [2.45, 2.75) is 17.4 Å². The highest BCUT2D eigenvalue weighted by Crippen LogP contribution is 2.26. The van der Waals surface area contributed by atoms with E-state index in [-0.39, 0.29) is 28.1 Å². The van der Waals surface area contributed by atoms with E-state index in [9.17, 15) is 23.1 Å². The molecule has 180 valence electrons. The van der Waals surface area contributed by atoms with Crippen LogP contribution in [0.25, 0.3) is 11.0 Å². The monoisotopic (exact) mass is 686 g/mol. The number of benzene rings is 3. The number of carboxylic acid groups (broad SMARTS) is 1. The fourth-order valence-electron chi connectivity index (χ4n) is 3.33. The second kappa shape index (κ2) is 10.6. The van der Waals surface area contributed by atoms with Gasteiger partial charge in [0.05, 0.1) is 23.0 Å². The quantitative estimate of drug-likeness (QED) is 0.235. The molecule has 9 nitrogen and oxygen atoms in total. The molecule has 4 aromatic rings. The highest BCUT2D eigenvalue weighted by Gasteiger charge is 2.26. The molecule has 1 aromatic heterocycles. The summed E-state index contributed by atoms with van der Waals surface area (Å²) in [5, 5.41) is 12.2. The number of fused-ring (bicyclic) bond motifs is 1. The molecule has 0 radical (unpaired) electrons. The minimum absolute atomic E-state index is 0.0150. The van der Waals surface area contributed by atoms with Crippen molar-refractivity contribution < 1.29 is 23.1 Å². The Balaban J connectivity index is 1.63. The van der Waals surface area contributed by atoms with Gasteiger partial charge in [-0.3, -0.25) is 9.52 Å². The fraction of sp³-hybridized carbons (Fsp3) is 0.0909. The maximum absolute atomic E-state index is 13.2. The lowest BCUT2D eigenvalue weighted by atomic mass is 10.1. The van der Waals surface area contributed by atoms with Gasteiger partial charge in [-0.15, -0.1) is 0 Å². The van der Waals surface area contributed by atoms with Crippen molar-refractivity contribution in [1.29, 1.82) is 0 Å². The van der Waals surface area contributed by atoms with Gasteiger partial charge in [-0.1, -0.05) is 34.1 Å². The van der Waals surface area contributed by atoms with Crippen LogP contribution in [-0.4, -0.2) is 40.2 Å². The summed E-state index contributed by atoms with van der Waals surface area (Å²) in [5.74, 6) is -1.94. The molecule has 0 spiro atoms. The largest absolute Gasteiger partial charge is 0.480 e. The Labute approximate surface area is 226 Å². The van der Waals surface area contributed by atoms with Crippen molar-refractivity contribution in [1.82, 2.24) is 14.1 Å². The second-order valence-electron chi connectivity index (χ2n) is 7.38. The van der Waals surface area contributed by atoms with Crippen LogP contribution in [0, 0.1) is 3.57 Å². The van der Waals surface area contributed by atoms with Crippen LogP contribution in [0.2, 0.25) is 0 Å². The van der Waals surface area contributed by atoms with Gasteiger partial charge in [-0.2, -0.15) is 8.75 Å². The summed E-state index contributed by atoms with van der Waals surface area (Å²) in [6, 6.07) is 15.0. The highest BCUT2D eigenvalue weighted by atomic mass is 127. The van der Waals surface area contributed by atoms with E-state index in [0.717, 1.165) is 16.2 Å². The number of sulfonamides is 1. The summed E-state index contributed by atoms with van der Waals surface area (Å²) in [6.07, 6.45) is 0.0464. The molecule has 0 saturated heterocycles. The zero-order valence-corrected chi connectivity index (χ0v) is 23.0. The van der Waals surface area contributed by atoms with Crippen molar-refractivity contribution in [3.05, 3.63) is 79.8 Å². The number of nitrogens with zero attached hydrogens (tertiary/aromatic N) is 2. The van der Waals surface area contributed by atoms with Crippen LogP contribution in [0.3, 0.4) is 0 Å². The molecule has 0 fully saturated rings. The molecule has 1 heterocycles. The number of rotatable bonds is 8. The van der Waals surface area contributed by atoms with Crippen LogP contribution in [0.5, 0.6) is 0 Å². The maximum atomic E-state index is 13.2. The molecule has 3 aromatic carbocycles. The fourth-order valence-corrected chi connectivity index (χ4v) is 6.11. The molecule has 0 aliphatic rings. The van der Waals surface area contributed by atoms with E-state index in [0.29, 0.717) is 14.7 Å². The summed E-state index contributed by atoms with van der Waals surface area (Å²) >= 11 is 6.23. The molecule has 3 N–H and O–H groups in total. The van der Waals surface area contributed by atoms with Crippen LogP contribution >= 0.6 is 50.2 Å². The van der Waals surface area contributed by atoms with Crippen molar-refractivity contribution in [2.75, 3.05) is 4.72 Å². The summed E-state index contributed by atoms with van der Waals surface area (Å²) in [4.78, 5) is 24.9. The van der Waals surface area contributed by atoms with Gasteiger partial charge in [0.15, 0.2) is 0 Å². The number of carbonyl (C=O) groups excluding carboxylic acids is 1. The van der Waals surface area contributed by atoms with Gasteiger partial charge in [0.25, 0.3) is 15.9 Å². The molecule has 0 unspecified atom stereocenters. The van der Waals surface area contributed by atoms with Crippen molar-refractivity contribution in [3.8, 4) is 0 Å². The van der Waals surface area contributed by atoms with Gasteiger partial charge in [0, 0.05) is 14.5 Å². The van der Waals surface area contributed by atoms with Crippen LogP contribution in [-0.2, 0) is 21.2 Å². The molecule has 35 heavy (non-hydrogen) atoms. The average molecular weight is 687 g/mol. The van der Waals surface area contributed by atoms with Crippen molar-refractivity contribution in [2.24, 2.45) is 0 Å². The Kier molecular flexibility index (Phi) is 7.68. The molecule has 0 bridgehead atoms. The van der Waals surface area contributed by atoms with Crippen molar-refractivity contribution in [3.63, 3.8) is 0 Å². The van der Waals surface area contributed by atoms with Gasteiger partial charge < -0.3 is 10.4 Å². The van der Waals surface area contributed by atoms with E-state index in [4.69, 9.17) is 0 Å². The highest BCUT2D eigenvalue weighted by molar-refractivity contribution is 14.1. The molecule has 4 rings (SSSR count). The first-order valence-electron chi connectivity index (χ1n) is 9.96. The first-order chi connectivity index (χ1) is 16.6. The van der Waals surface area contributed by atoms with Gasteiger partial charge in [0.1, 0.15) is 22.0 Å². The number of carboxylic acids is 1. The van der Waals surface area contributed by atoms with Crippen LogP contribution in [0.15, 0.2) is 70.0 Å². The predicted octanol–water partition coefficient (Wildman–Crippen LogP) is 4.28. The summed E-state index contributed by atoms with van der Waals surface area (Å²) in [7, 11) is -4.13. The lowest BCUT2D eigenvalue weighted by Crippen LogP contribution is -2.42. The number of aliphatic carboxylic acids is 1. The van der Waals surface area contributed by atoms with Crippen LogP contribution in [0.4, 0.5) is 5.69 Å². The Bertz CT molecular complexity index is 1540. The number of aromatic nitrogens is 2. The average Bonchev–Trinajstić information content (AvgIpc) is 3.27. The Morgan fingerprint density at radius 2 is 1.86 bits per heavy atom. The third kappa shape index (κ3) is 5.97. The topological polar surface area (TPSA) is 138 Å². The van der Waals surface area contributed by atoms with E-state index in [1.54, 1.807) is 36.4 Å². The standard InChI is InChI=1S/C22H16BrIN4O5S2/c23-13-4-1-3-12(9-13)10-18(22(30)31)25-21(29)15-8-7-14(24)11-17(15)28-35(32,33)19-6-2-5-16-20(19)27-34-26-16/h1-9,11,18,28H,10H2,(H,25,29)(H,30,31)/t18-/m1/s1. The number of hydrogen-bond donors (Lipinski definition) is 3. The summed E-state index contributed by atoms with van der Waals surface area (Å²) in [5.41, 5.74) is 1.37. The smallest absolute Gasteiger partial charge is 0.326 e. The number of anilines is 1.